The summed E-state index contributed by atoms with van der Waals surface area (Å²) in [5, 5.41) is 4.92. The highest BCUT2D eigenvalue weighted by atomic mass is 19.4. The summed E-state index contributed by atoms with van der Waals surface area (Å²) in [6.07, 6.45) is -6.84. The van der Waals surface area contributed by atoms with Gasteiger partial charge in [-0.15, -0.1) is 0 Å². The number of methoxy groups -OCH3 is 1. The third-order valence-electron chi connectivity index (χ3n) is 7.94. The molecule has 2 aliphatic heterocycles. The summed E-state index contributed by atoms with van der Waals surface area (Å²) in [5.41, 5.74) is 1.80. The number of likely N-dealkylation sites (N-methyl/N-ethyl adjacent to an activating group) is 1. The van der Waals surface area contributed by atoms with Crippen molar-refractivity contribution < 1.29 is 45.8 Å². The number of nitrogens with two attached hydrogens (primary N) is 1. The number of piperazine rings is 1. The van der Waals surface area contributed by atoms with Gasteiger partial charge < -0.3 is 30.3 Å². The number of nitrogens with one attached hydrogen (secondary N) is 2. The number of rotatable bonds is 6. The molecule has 2 fully saturated rings. The molecule has 11 nitrogen and oxygen atoms in total. The minimum atomic E-state index is -4.96. The lowest BCUT2D eigenvalue weighted by Gasteiger charge is -2.32. The molecule has 2 aliphatic rings. The molecule has 1 aromatic heterocycles. The summed E-state index contributed by atoms with van der Waals surface area (Å²) in [7, 11) is 2.92. The molecule has 4 atom stereocenters. The Morgan fingerprint density at radius 2 is 1.77 bits per heavy atom. The average Bonchev–Trinajstić information content (AvgIpc) is 3.21. The molecule has 4 rings (SSSR count). The molecule has 43 heavy (non-hydrogen) atoms. The predicted molar refractivity (Wildman–Crippen MR) is 144 cm³/mol. The van der Waals surface area contributed by atoms with Crippen molar-refractivity contribution in [3.8, 4) is 5.75 Å². The van der Waals surface area contributed by atoms with E-state index in [4.69, 9.17) is 15.2 Å². The fourth-order valence-electron chi connectivity index (χ4n) is 5.24. The zero-order chi connectivity index (χ0) is 31.9. The average molecular weight is 615 g/mol. The molecule has 0 saturated carbocycles. The first-order chi connectivity index (χ1) is 20.1. The van der Waals surface area contributed by atoms with E-state index in [1.165, 1.54) is 17.9 Å². The highest BCUT2D eigenvalue weighted by Crippen LogP contribution is 2.55. The smallest absolute Gasteiger partial charge is 0.417 e. The molecule has 0 spiro atoms. The van der Waals surface area contributed by atoms with Crippen LogP contribution in [0.2, 0.25) is 0 Å². The number of pyridine rings is 1. The van der Waals surface area contributed by atoms with Gasteiger partial charge in [0.2, 0.25) is 5.82 Å². The van der Waals surface area contributed by atoms with Crippen LogP contribution in [0.1, 0.15) is 35.8 Å². The van der Waals surface area contributed by atoms with Gasteiger partial charge in [0.05, 0.1) is 7.11 Å². The molecule has 3 heterocycles. The minimum absolute atomic E-state index is 0.143. The second-order valence-electron chi connectivity index (χ2n) is 10.6. The van der Waals surface area contributed by atoms with Crippen molar-refractivity contribution in [2.45, 2.75) is 37.6 Å². The summed E-state index contributed by atoms with van der Waals surface area (Å²) in [6, 6.07) is 3.48. The molecule has 2 aromatic rings. The first-order valence-electron chi connectivity index (χ1n) is 13.2. The van der Waals surface area contributed by atoms with Crippen LogP contribution in [0.25, 0.3) is 0 Å². The molecule has 0 radical (unpaired) electrons. The number of alkyl halides is 3. The highest BCUT2D eigenvalue weighted by Gasteiger charge is 2.66. The Kier molecular flexibility index (Phi) is 8.83. The number of nitrogens with zero attached hydrogens (tertiary/aromatic N) is 3. The maximum atomic E-state index is 14.6. The van der Waals surface area contributed by atoms with Gasteiger partial charge in [0.1, 0.15) is 17.6 Å². The van der Waals surface area contributed by atoms with Crippen molar-refractivity contribution in [1.82, 2.24) is 14.8 Å². The van der Waals surface area contributed by atoms with Gasteiger partial charge in [-0.1, -0.05) is 13.0 Å². The fraction of sp³-hybridized carbons (Fsp3) is 0.481. The minimum Gasteiger partial charge on any atom is -0.493 e. The van der Waals surface area contributed by atoms with Gasteiger partial charge in [-0.05, 0) is 26.1 Å². The molecule has 0 aliphatic carbocycles. The largest absolute Gasteiger partial charge is 0.493 e. The summed E-state index contributed by atoms with van der Waals surface area (Å²) < 4.78 is 81.6. The van der Waals surface area contributed by atoms with Crippen LogP contribution in [0.5, 0.6) is 5.75 Å². The van der Waals surface area contributed by atoms with E-state index in [-0.39, 0.29) is 22.8 Å². The van der Waals surface area contributed by atoms with E-state index in [9.17, 15) is 36.3 Å². The normalized spacial score (nSPS) is 24.5. The van der Waals surface area contributed by atoms with Crippen LogP contribution in [0.15, 0.2) is 24.3 Å². The van der Waals surface area contributed by atoms with Crippen molar-refractivity contribution in [3.63, 3.8) is 0 Å². The first-order valence-corrected chi connectivity index (χ1v) is 13.2. The Bertz CT molecular complexity index is 1420. The fourth-order valence-corrected chi connectivity index (χ4v) is 5.24. The number of carbonyl (C=O) groups excluding carboxylic acids is 3. The Labute approximate surface area is 243 Å². The third-order valence-corrected chi connectivity index (χ3v) is 7.94. The number of amides is 4. The molecular weight excluding hydrogens is 583 g/mol. The van der Waals surface area contributed by atoms with Crippen molar-refractivity contribution in [1.29, 1.82) is 0 Å². The van der Waals surface area contributed by atoms with E-state index in [2.05, 4.69) is 15.6 Å². The Balaban J connectivity index is 1.68. The number of aromatic nitrogens is 1. The molecule has 1 aromatic carbocycles. The van der Waals surface area contributed by atoms with Crippen LogP contribution in [0, 0.1) is 17.6 Å². The first kappa shape index (κ1) is 31.9. The van der Waals surface area contributed by atoms with E-state index in [0.29, 0.717) is 26.2 Å². The lowest BCUT2D eigenvalue weighted by Crippen LogP contribution is -2.48. The summed E-state index contributed by atoms with van der Waals surface area (Å²) in [6.45, 7) is 4.04. The van der Waals surface area contributed by atoms with E-state index in [1.54, 1.807) is 0 Å². The highest BCUT2D eigenvalue weighted by molar-refractivity contribution is 5.99. The van der Waals surface area contributed by atoms with Crippen LogP contribution in [0.4, 0.5) is 38.3 Å². The van der Waals surface area contributed by atoms with Gasteiger partial charge in [0.25, 0.3) is 11.8 Å². The molecule has 0 unspecified atom stereocenters. The number of hydrogen-bond acceptors (Lipinski definition) is 7. The van der Waals surface area contributed by atoms with Crippen LogP contribution in [-0.4, -0.2) is 90.8 Å². The Morgan fingerprint density at radius 1 is 1.12 bits per heavy atom. The van der Waals surface area contributed by atoms with Crippen molar-refractivity contribution in [2.24, 2.45) is 11.7 Å². The third kappa shape index (κ3) is 6.20. The monoisotopic (exact) mass is 614 g/mol. The quantitative estimate of drug-likeness (QED) is 0.425. The maximum Gasteiger partial charge on any atom is 0.417 e. The number of hydrogen-bond donors (Lipinski definition) is 3. The van der Waals surface area contributed by atoms with Gasteiger partial charge >= 0.3 is 12.2 Å². The number of anilines is 2. The number of halogens is 5. The number of carbonyl (C=O) groups is 3. The predicted octanol–water partition coefficient (Wildman–Crippen LogP) is 3.32. The molecular formula is C27H31F5N6O5. The molecule has 16 heteroatoms. The van der Waals surface area contributed by atoms with Crippen molar-refractivity contribution in [3.05, 3.63) is 47.2 Å². The SMILES string of the molecule is COc1c([C@H]2[C@H](C(=O)Nc3cc(NC(=O)N4CCN(C)CC4)nc(C(N)=O)c3)O[C@@](C)(C(F)(F)F)[C@H]2C)ccc(F)c1F. The summed E-state index contributed by atoms with van der Waals surface area (Å²) in [5.74, 6) is -8.60. The van der Waals surface area contributed by atoms with Gasteiger partial charge in [-0.3, -0.25) is 14.9 Å². The lowest BCUT2D eigenvalue weighted by atomic mass is 9.77. The number of ether oxygens (including phenoxy) is 2. The molecule has 2 saturated heterocycles. The standard InChI is InChI=1S/C27H31F5N6O5/c1-13-19(15-5-6-16(28)20(29)21(15)42-4)22(43-26(13,2)27(30,31)32)24(40)34-14-11-17(23(33)39)35-18(12-14)36-25(41)38-9-7-37(3)8-10-38/h5-6,11-13,19,22H,7-10H2,1-4H3,(H2,33,39)(H2,34,35,36,40,41)/t13-,19-,22+,26+/m0/s1. The summed E-state index contributed by atoms with van der Waals surface area (Å²) in [4.78, 5) is 45.8. The molecule has 4 amide bonds. The zero-order valence-electron chi connectivity index (χ0n) is 23.7. The lowest BCUT2D eigenvalue weighted by molar-refractivity contribution is -0.272. The van der Waals surface area contributed by atoms with Gasteiger partial charge in [0.15, 0.2) is 17.2 Å². The summed E-state index contributed by atoms with van der Waals surface area (Å²) >= 11 is 0. The van der Waals surface area contributed by atoms with Crippen LogP contribution in [0.3, 0.4) is 0 Å². The van der Waals surface area contributed by atoms with Gasteiger partial charge in [-0.2, -0.15) is 17.6 Å². The van der Waals surface area contributed by atoms with Crippen LogP contribution in [-0.2, 0) is 9.53 Å². The van der Waals surface area contributed by atoms with Gasteiger partial charge in [-0.25, -0.2) is 14.2 Å². The van der Waals surface area contributed by atoms with Crippen LogP contribution < -0.4 is 21.1 Å². The van der Waals surface area contributed by atoms with E-state index >= 15 is 0 Å². The zero-order valence-corrected chi connectivity index (χ0v) is 23.7. The Morgan fingerprint density at radius 3 is 2.35 bits per heavy atom. The van der Waals surface area contributed by atoms with Gasteiger partial charge in [0, 0.05) is 55.3 Å². The molecule has 0 bridgehead atoms. The second-order valence-corrected chi connectivity index (χ2v) is 10.6. The number of urea groups is 1. The van der Waals surface area contributed by atoms with E-state index in [1.807, 2.05) is 11.9 Å². The molecule has 234 valence electrons. The van der Waals surface area contributed by atoms with Crippen molar-refractivity contribution in [2.75, 3.05) is 51.0 Å². The van der Waals surface area contributed by atoms with Crippen molar-refractivity contribution >= 4 is 29.4 Å². The topological polar surface area (TPSA) is 139 Å². The van der Waals surface area contributed by atoms with E-state index in [0.717, 1.165) is 32.2 Å². The van der Waals surface area contributed by atoms with E-state index < -0.39 is 64.9 Å². The number of primary amides is 1. The second kappa shape index (κ2) is 11.9. The van der Waals surface area contributed by atoms with Crippen LogP contribution >= 0.6 is 0 Å². The molecule has 4 N–H and O–H groups in total. The number of benzene rings is 1. The maximum absolute atomic E-state index is 14.6. The Hall–Kier alpha value is -4.05.